The molecule has 1 aromatic carbocycles. The van der Waals surface area contributed by atoms with Crippen LogP contribution in [0.2, 0.25) is 0 Å². The molecule has 6 nitrogen and oxygen atoms in total. The Bertz CT molecular complexity index is 881. The molecule has 0 fully saturated rings. The molecule has 0 aliphatic rings. The summed E-state index contributed by atoms with van der Waals surface area (Å²) in [6.07, 6.45) is 3.72. The van der Waals surface area contributed by atoms with E-state index in [1.807, 2.05) is 29.8 Å². The number of nitrogens with zero attached hydrogens (tertiary/aromatic N) is 2. The number of aromatic nitrogens is 2. The molecular weight excluding hydrogens is 292 g/mol. The van der Waals surface area contributed by atoms with Gasteiger partial charge < -0.3 is 15.0 Å². The maximum Gasteiger partial charge on any atom is 0.259 e. The maximum atomic E-state index is 12.5. The normalized spacial score (nSPS) is 10.5. The summed E-state index contributed by atoms with van der Waals surface area (Å²) in [5.74, 6) is -0.364. The first-order valence-electron chi connectivity index (χ1n) is 7.16. The Morgan fingerprint density at radius 3 is 2.35 bits per heavy atom. The van der Waals surface area contributed by atoms with Crippen molar-refractivity contribution in [3.63, 3.8) is 0 Å². The van der Waals surface area contributed by atoms with Crippen molar-refractivity contribution in [3.05, 3.63) is 60.0 Å². The lowest BCUT2D eigenvalue weighted by molar-refractivity contribution is -0.114. The van der Waals surface area contributed by atoms with E-state index >= 15 is 0 Å². The van der Waals surface area contributed by atoms with Gasteiger partial charge in [-0.25, -0.2) is 4.98 Å². The van der Waals surface area contributed by atoms with Crippen LogP contribution in [0.5, 0.6) is 0 Å². The number of imidazole rings is 1. The van der Waals surface area contributed by atoms with Crippen LogP contribution in [0.25, 0.3) is 5.65 Å². The van der Waals surface area contributed by atoms with E-state index in [-0.39, 0.29) is 11.8 Å². The molecule has 3 rings (SSSR count). The minimum Gasteiger partial charge on any atom is -0.326 e. The molecule has 0 saturated carbocycles. The van der Waals surface area contributed by atoms with E-state index in [4.69, 9.17) is 0 Å². The predicted octanol–water partition coefficient (Wildman–Crippen LogP) is 2.85. The average molecular weight is 308 g/mol. The number of anilines is 2. The van der Waals surface area contributed by atoms with Crippen LogP contribution in [0.15, 0.2) is 48.8 Å². The number of rotatable bonds is 3. The molecule has 0 aliphatic heterocycles. The van der Waals surface area contributed by atoms with Crippen LogP contribution in [0.1, 0.15) is 23.0 Å². The maximum absolute atomic E-state index is 12.5. The molecule has 0 aliphatic carbocycles. The molecule has 116 valence electrons. The molecule has 2 aromatic heterocycles. The van der Waals surface area contributed by atoms with Crippen LogP contribution in [-0.2, 0) is 4.79 Å². The second kappa shape index (κ2) is 5.92. The first-order valence-corrected chi connectivity index (χ1v) is 7.16. The van der Waals surface area contributed by atoms with Crippen molar-refractivity contribution >= 4 is 28.8 Å². The molecule has 2 heterocycles. The fraction of sp³-hybridized carbons (Fsp3) is 0.118. The van der Waals surface area contributed by atoms with Crippen LogP contribution in [0, 0.1) is 6.92 Å². The number of pyridine rings is 1. The molecule has 3 aromatic rings. The van der Waals surface area contributed by atoms with Crippen LogP contribution in [0.3, 0.4) is 0 Å². The zero-order valence-corrected chi connectivity index (χ0v) is 12.8. The summed E-state index contributed by atoms with van der Waals surface area (Å²) in [4.78, 5) is 27.8. The number of benzene rings is 1. The summed E-state index contributed by atoms with van der Waals surface area (Å²) in [5, 5.41) is 5.51. The lowest BCUT2D eigenvalue weighted by atomic mass is 10.2. The minimum atomic E-state index is -0.228. The van der Waals surface area contributed by atoms with Gasteiger partial charge in [-0.15, -0.1) is 0 Å². The first kappa shape index (κ1) is 14.8. The second-order valence-corrected chi connectivity index (χ2v) is 5.25. The molecular formula is C17H16N4O2. The average Bonchev–Trinajstić information content (AvgIpc) is 2.88. The van der Waals surface area contributed by atoms with E-state index in [1.54, 1.807) is 30.3 Å². The topological polar surface area (TPSA) is 75.5 Å². The number of fused-ring (bicyclic) bond motifs is 1. The van der Waals surface area contributed by atoms with Crippen molar-refractivity contribution in [3.8, 4) is 0 Å². The zero-order chi connectivity index (χ0) is 16.4. The Morgan fingerprint density at radius 1 is 1.04 bits per heavy atom. The molecule has 0 bridgehead atoms. The molecule has 2 N–H and O–H groups in total. The number of hydrogen-bond acceptors (Lipinski definition) is 3. The largest absolute Gasteiger partial charge is 0.326 e. The molecule has 0 unspecified atom stereocenters. The van der Waals surface area contributed by atoms with Crippen LogP contribution >= 0.6 is 0 Å². The van der Waals surface area contributed by atoms with Gasteiger partial charge in [0.05, 0.1) is 11.3 Å². The fourth-order valence-electron chi connectivity index (χ4n) is 2.35. The predicted molar refractivity (Wildman–Crippen MR) is 88.6 cm³/mol. The van der Waals surface area contributed by atoms with Gasteiger partial charge in [0.25, 0.3) is 5.91 Å². The van der Waals surface area contributed by atoms with Crippen molar-refractivity contribution in [2.75, 3.05) is 10.6 Å². The number of carbonyl (C=O) groups is 2. The Hall–Kier alpha value is -3.15. The third-order valence-corrected chi connectivity index (χ3v) is 3.31. The van der Waals surface area contributed by atoms with Gasteiger partial charge in [0.2, 0.25) is 5.91 Å². The molecule has 23 heavy (non-hydrogen) atoms. The molecule has 6 heteroatoms. The summed E-state index contributed by atoms with van der Waals surface area (Å²) in [6.45, 7) is 3.33. The van der Waals surface area contributed by atoms with Gasteiger partial charge >= 0.3 is 0 Å². The molecule has 0 atom stereocenters. The van der Waals surface area contributed by atoms with Crippen molar-refractivity contribution in [1.82, 2.24) is 9.38 Å². The lowest BCUT2D eigenvalue weighted by Gasteiger charge is -2.07. The Labute approximate surface area is 133 Å². The van der Waals surface area contributed by atoms with Crippen LogP contribution < -0.4 is 10.6 Å². The number of aryl methyl sites for hydroxylation is 1. The Morgan fingerprint density at radius 2 is 1.70 bits per heavy atom. The minimum absolute atomic E-state index is 0.136. The highest BCUT2D eigenvalue weighted by atomic mass is 16.2. The number of amides is 2. The molecule has 2 amide bonds. The van der Waals surface area contributed by atoms with Gasteiger partial charge in [0.1, 0.15) is 5.65 Å². The van der Waals surface area contributed by atoms with E-state index in [1.165, 1.54) is 6.92 Å². The summed E-state index contributed by atoms with van der Waals surface area (Å²) in [5.41, 5.74) is 3.31. The van der Waals surface area contributed by atoms with Crippen molar-refractivity contribution in [2.24, 2.45) is 0 Å². The third kappa shape index (κ3) is 3.21. The van der Waals surface area contributed by atoms with Crippen molar-refractivity contribution in [2.45, 2.75) is 13.8 Å². The van der Waals surface area contributed by atoms with Gasteiger partial charge in [0.15, 0.2) is 0 Å². The number of hydrogen-bond donors (Lipinski definition) is 2. The van der Waals surface area contributed by atoms with E-state index in [0.29, 0.717) is 22.6 Å². The summed E-state index contributed by atoms with van der Waals surface area (Å²) < 4.78 is 1.82. The fourth-order valence-corrected chi connectivity index (χ4v) is 2.35. The number of carbonyl (C=O) groups excluding carboxylic acids is 2. The van der Waals surface area contributed by atoms with Gasteiger partial charge in [-0.3, -0.25) is 9.59 Å². The summed E-state index contributed by atoms with van der Waals surface area (Å²) in [6, 6.07) is 10.5. The zero-order valence-electron chi connectivity index (χ0n) is 12.8. The van der Waals surface area contributed by atoms with Crippen LogP contribution in [0.4, 0.5) is 11.4 Å². The molecule has 0 saturated heterocycles. The standard InChI is InChI=1S/C17H16N4O2/c1-11-10-21-9-3-4-15(16(21)18-11)17(23)20-14-7-5-13(6-8-14)19-12(2)22/h3-10H,1-2H3,(H,19,22)(H,20,23). The van der Waals surface area contributed by atoms with E-state index < -0.39 is 0 Å². The van der Waals surface area contributed by atoms with E-state index in [2.05, 4.69) is 15.6 Å². The molecule has 0 radical (unpaired) electrons. The SMILES string of the molecule is CC(=O)Nc1ccc(NC(=O)c2cccn3cc(C)nc23)cc1. The van der Waals surface area contributed by atoms with Gasteiger partial charge in [-0.05, 0) is 43.3 Å². The Balaban J connectivity index is 1.82. The molecule has 0 spiro atoms. The first-order chi connectivity index (χ1) is 11.0. The number of nitrogens with one attached hydrogen (secondary N) is 2. The highest BCUT2D eigenvalue weighted by molar-refractivity contribution is 6.08. The second-order valence-electron chi connectivity index (χ2n) is 5.25. The summed E-state index contributed by atoms with van der Waals surface area (Å²) in [7, 11) is 0. The highest BCUT2D eigenvalue weighted by Gasteiger charge is 2.12. The van der Waals surface area contributed by atoms with E-state index in [0.717, 1.165) is 5.69 Å². The van der Waals surface area contributed by atoms with Gasteiger partial charge in [0, 0.05) is 30.7 Å². The Kier molecular flexibility index (Phi) is 3.80. The smallest absolute Gasteiger partial charge is 0.259 e. The van der Waals surface area contributed by atoms with Crippen LogP contribution in [-0.4, -0.2) is 21.2 Å². The summed E-state index contributed by atoms with van der Waals surface area (Å²) >= 11 is 0. The van der Waals surface area contributed by atoms with Crippen molar-refractivity contribution < 1.29 is 9.59 Å². The quantitative estimate of drug-likeness (QED) is 0.781. The monoisotopic (exact) mass is 308 g/mol. The van der Waals surface area contributed by atoms with Crippen molar-refractivity contribution in [1.29, 1.82) is 0 Å². The third-order valence-electron chi connectivity index (χ3n) is 3.31. The van der Waals surface area contributed by atoms with Gasteiger partial charge in [-0.2, -0.15) is 0 Å². The lowest BCUT2D eigenvalue weighted by Crippen LogP contribution is -2.13. The van der Waals surface area contributed by atoms with Gasteiger partial charge in [-0.1, -0.05) is 0 Å². The van der Waals surface area contributed by atoms with E-state index in [9.17, 15) is 9.59 Å². The highest BCUT2D eigenvalue weighted by Crippen LogP contribution is 2.16.